The lowest BCUT2D eigenvalue weighted by Gasteiger charge is -2.47. The number of aliphatic hydroxyl groups is 1. The number of ketones is 1. The molecule has 1 aliphatic carbocycles. The van der Waals surface area contributed by atoms with Gasteiger partial charge in [-0.25, -0.2) is 4.79 Å². The van der Waals surface area contributed by atoms with Crippen molar-refractivity contribution in [1.82, 2.24) is 0 Å². The standard InChI is InChI=1S/C13H15F3O4/c1-7-4-8(17)6-11(2,3)12(7,20)9(5-10(18)19)13(14,15)16/h4-5,20H,6H2,1-3H3,(H,18,19)/b9-5+. The number of carbonyl (C=O) groups is 2. The molecule has 0 bridgehead atoms. The zero-order valence-electron chi connectivity index (χ0n) is 11.2. The van der Waals surface area contributed by atoms with Crippen LogP contribution in [0, 0.1) is 5.41 Å². The topological polar surface area (TPSA) is 74.6 Å². The third-order valence-corrected chi connectivity index (χ3v) is 3.51. The largest absolute Gasteiger partial charge is 0.478 e. The fraction of sp³-hybridized carbons (Fsp3) is 0.538. The van der Waals surface area contributed by atoms with Crippen molar-refractivity contribution < 1.29 is 33.0 Å². The highest BCUT2D eigenvalue weighted by Gasteiger charge is 2.58. The number of carboxylic acids is 1. The molecule has 112 valence electrons. The Bertz CT molecular complexity index is 514. The zero-order chi connectivity index (χ0) is 15.9. The molecule has 0 aromatic rings. The first kappa shape index (κ1) is 16.4. The smallest absolute Gasteiger partial charge is 0.416 e. The SMILES string of the molecule is CC1=CC(=O)CC(C)(C)C1(O)/C(=C\C(=O)O)C(F)(F)F. The number of carboxylic acid groups (broad SMARTS) is 1. The van der Waals surface area contributed by atoms with E-state index in [-0.39, 0.29) is 18.1 Å². The molecule has 0 saturated heterocycles. The molecule has 20 heavy (non-hydrogen) atoms. The highest BCUT2D eigenvalue weighted by atomic mass is 19.4. The van der Waals surface area contributed by atoms with Crippen LogP contribution >= 0.6 is 0 Å². The van der Waals surface area contributed by atoms with E-state index < -0.39 is 34.5 Å². The van der Waals surface area contributed by atoms with E-state index in [0.29, 0.717) is 0 Å². The normalized spacial score (nSPS) is 27.2. The Balaban J connectivity index is 3.62. The highest BCUT2D eigenvalue weighted by molar-refractivity contribution is 5.93. The maximum absolute atomic E-state index is 13.1. The predicted octanol–water partition coefficient (Wildman–Crippen LogP) is 2.24. The van der Waals surface area contributed by atoms with Gasteiger partial charge in [0.25, 0.3) is 0 Å². The van der Waals surface area contributed by atoms with Crippen LogP contribution in [-0.2, 0) is 9.59 Å². The molecule has 0 spiro atoms. The van der Waals surface area contributed by atoms with Gasteiger partial charge in [0.05, 0.1) is 5.57 Å². The van der Waals surface area contributed by atoms with Gasteiger partial charge in [0.1, 0.15) is 5.60 Å². The van der Waals surface area contributed by atoms with Crippen LogP contribution in [0.15, 0.2) is 23.3 Å². The number of alkyl halides is 3. The van der Waals surface area contributed by atoms with Crippen molar-refractivity contribution in [2.75, 3.05) is 0 Å². The van der Waals surface area contributed by atoms with Crippen LogP contribution in [0.4, 0.5) is 13.2 Å². The molecule has 0 amide bonds. The fourth-order valence-electron chi connectivity index (χ4n) is 2.59. The first-order chi connectivity index (χ1) is 8.82. The molecule has 1 aliphatic rings. The molecule has 0 fully saturated rings. The average molecular weight is 292 g/mol. The molecule has 0 aromatic carbocycles. The number of hydrogen-bond donors (Lipinski definition) is 2. The summed E-state index contributed by atoms with van der Waals surface area (Å²) in [4.78, 5) is 22.1. The van der Waals surface area contributed by atoms with Gasteiger partial charge in [-0.3, -0.25) is 4.79 Å². The quantitative estimate of drug-likeness (QED) is 0.765. The Hall–Kier alpha value is -1.63. The van der Waals surface area contributed by atoms with E-state index in [2.05, 4.69) is 0 Å². The number of carbonyl (C=O) groups excluding carboxylic acids is 1. The summed E-state index contributed by atoms with van der Waals surface area (Å²) in [6.45, 7) is 3.77. The molecule has 0 radical (unpaired) electrons. The highest BCUT2D eigenvalue weighted by Crippen LogP contribution is 2.51. The number of hydrogen-bond acceptors (Lipinski definition) is 3. The monoisotopic (exact) mass is 292 g/mol. The van der Waals surface area contributed by atoms with Crippen molar-refractivity contribution >= 4 is 11.8 Å². The van der Waals surface area contributed by atoms with Gasteiger partial charge in [0.15, 0.2) is 5.78 Å². The first-order valence-electron chi connectivity index (χ1n) is 5.78. The third-order valence-electron chi connectivity index (χ3n) is 3.51. The van der Waals surface area contributed by atoms with Crippen LogP contribution in [0.2, 0.25) is 0 Å². The van der Waals surface area contributed by atoms with Crippen LogP contribution in [0.1, 0.15) is 27.2 Å². The van der Waals surface area contributed by atoms with Crippen LogP contribution in [0.3, 0.4) is 0 Å². The lowest BCUT2D eigenvalue weighted by molar-refractivity contribution is -0.146. The maximum atomic E-state index is 13.1. The number of halogens is 3. The Kier molecular flexibility index (Phi) is 3.88. The molecule has 1 atom stereocenters. The van der Waals surface area contributed by atoms with Gasteiger partial charge in [-0.1, -0.05) is 13.8 Å². The minimum atomic E-state index is -5.03. The summed E-state index contributed by atoms with van der Waals surface area (Å²) in [5.41, 5.74) is -5.83. The Labute approximate surface area is 113 Å². The van der Waals surface area contributed by atoms with Gasteiger partial charge in [0.2, 0.25) is 0 Å². The molecule has 2 N–H and O–H groups in total. The number of allylic oxidation sites excluding steroid dienone is 1. The Morgan fingerprint density at radius 2 is 1.90 bits per heavy atom. The van der Waals surface area contributed by atoms with Crippen LogP contribution in [-0.4, -0.2) is 33.7 Å². The Morgan fingerprint density at radius 3 is 2.25 bits per heavy atom. The van der Waals surface area contributed by atoms with Crippen molar-refractivity contribution in [3.63, 3.8) is 0 Å². The van der Waals surface area contributed by atoms with Crippen LogP contribution in [0.5, 0.6) is 0 Å². The summed E-state index contributed by atoms with van der Waals surface area (Å²) in [7, 11) is 0. The summed E-state index contributed by atoms with van der Waals surface area (Å²) in [5, 5.41) is 19.2. The zero-order valence-corrected chi connectivity index (χ0v) is 11.2. The number of aliphatic carboxylic acids is 1. The van der Waals surface area contributed by atoms with Crippen LogP contribution < -0.4 is 0 Å². The molecule has 0 aliphatic heterocycles. The van der Waals surface area contributed by atoms with Crippen molar-refractivity contribution in [2.45, 2.75) is 39.0 Å². The van der Waals surface area contributed by atoms with Gasteiger partial charge < -0.3 is 10.2 Å². The van der Waals surface area contributed by atoms with Gasteiger partial charge in [0, 0.05) is 17.9 Å². The van der Waals surface area contributed by atoms with E-state index in [1.54, 1.807) is 0 Å². The molecule has 7 heteroatoms. The summed E-state index contributed by atoms with van der Waals surface area (Å²) in [5.74, 6) is -2.22. The molecular formula is C13H15F3O4. The van der Waals surface area contributed by atoms with Crippen molar-refractivity contribution in [3.8, 4) is 0 Å². The van der Waals surface area contributed by atoms with Gasteiger partial charge in [-0.2, -0.15) is 13.2 Å². The van der Waals surface area contributed by atoms with E-state index in [4.69, 9.17) is 5.11 Å². The fourth-order valence-corrected chi connectivity index (χ4v) is 2.59. The van der Waals surface area contributed by atoms with Crippen molar-refractivity contribution in [2.24, 2.45) is 5.41 Å². The lowest BCUT2D eigenvalue weighted by atomic mass is 9.61. The molecule has 0 aromatic heterocycles. The van der Waals surface area contributed by atoms with Gasteiger partial charge in [-0.15, -0.1) is 0 Å². The maximum Gasteiger partial charge on any atom is 0.416 e. The molecule has 0 heterocycles. The predicted molar refractivity (Wildman–Crippen MR) is 63.9 cm³/mol. The molecular weight excluding hydrogens is 277 g/mol. The van der Waals surface area contributed by atoms with E-state index in [1.165, 1.54) is 20.8 Å². The molecule has 1 unspecified atom stereocenters. The minimum Gasteiger partial charge on any atom is -0.478 e. The second-order valence-corrected chi connectivity index (χ2v) is 5.46. The second-order valence-electron chi connectivity index (χ2n) is 5.46. The van der Waals surface area contributed by atoms with Crippen LogP contribution in [0.25, 0.3) is 0 Å². The molecule has 0 saturated carbocycles. The summed E-state index contributed by atoms with van der Waals surface area (Å²) in [6, 6.07) is 0. The summed E-state index contributed by atoms with van der Waals surface area (Å²) in [6.07, 6.45) is -4.46. The summed E-state index contributed by atoms with van der Waals surface area (Å²) < 4.78 is 39.4. The lowest BCUT2D eigenvalue weighted by Crippen LogP contribution is -2.54. The van der Waals surface area contributed by atoms with E-state index in [0.717, 1.165) is 6.08 Å². The molecule has 4 nitrogen and oxygen atoms in total. The van der Waals surface area contributed by atoms with Gasteiger partial charge in [-0.05, 0) is 18.6 Å². The van der Waals surface area contributed by atoms with E-state index in [9.17, 15) is 27.9 Å². The first-order valence-corrected chi connectivity index (χ1v) is 5.78. The minimum absolute atomic E-state index is 0.0467. The Morgan fingerprint density at radius 1 is 1.40 bits per heavy atom. The van der Waals surface area contributed by atoms with Crippen molar-refractivity contribution in [3.05, 3.63) is 23.3 Å². The average Bonchev–Trinajstić information content (AvgIpc) is 2.19. The van der Waals surface area contributed by atoms with Gasteiger partial charge >= 0.3 is 12.1 Å². The van der Waals surface area contributed by atoms with E-state index >= 15 is 0 Å². The van der Waals surface area contributed by atoms with Crippen molar-refractivity contribution in [1.29, 1.82) is 0 Å². The second kappa shape index (κ2) is 4.73. The third kappa shape index (κ3) is 2.63. The molecule has 1 rings (SSSR count). The summed E-state index contributed by atoms with van der Waals surface area (Å²) >= 11 is 0. The van der Waals surface area contributed by atoms with E-state index in [1.807, 2.05) is 0 Å². The number of rotatable bonds is 2.